The van der Waals surface area contributed by atoms with Gasteiger partial charge in [-0.2, -0.15) is 0 Å². The van der Waals surface area contributed by atoms with Crippen LogP contribution in [-0.2, 0) is 0 Å². The highest BCUT2D eigenvalue weighted by atomic mass is 16.3. The Labute approximate surface area is 104 Å². The van der Waals surface area contributed by atoms with E-state index < -0.39 is 0 Å². The molecule has 0 unspecified atom stereocenters. The molecule has 92 valence electrons. The van der Waals surface area contributed by atoms with E-state index in [-0.39, 0.29) is 6.10 Å². The van der Waals surface area contributed by atoms with Crippen molar-refractivity contribution in [3.05, 3.63) is 35.9 Å². The molecule has 4 atom stereocenters. The molecule has 1 N–H and O–H groups in total. The Balaban J connectivity index is 1.68. The monoisotopic (exact) mass is 230 g/mol. The van der Waals surface area contributed by atoms with E-state index >= 15 is 0 Å². The van der Waals surface area contributed by atoms with Gasteiger partial charge in [-0.1, -0.05) is 30.3 Å². The minimum absolute atomic E-state index is 0.00970. The summed E-state index contributed by atoms with van der Waals surface area (Å²) in [5, 5.41) is 9.73. The van der Waals surface area contributed by atoms with Gasteiger partial charge in [0.2, 0.25) is 0 Å². The molecule has 0 radical (unpaired) electrons. The highest BCUT2D eigenvalue weighted by Gasteiger charge is 2.35. The summed E-state index contributed by atoms with van der Waals surface area (Å²) in [5.74, 6) is 2.45. The third-order valence-electron chi connectivity index (χ3n) is 4.86. The molecule has 2 aliphatic carbocycles. The molecular formula is C16H22O. The fraction of sp³-hybridized carbons (Fsp3) is 0.625. The van der Waals surface area contributed by atoms with E-state index in [1.165, 1.54) is 31.2 Å². The largest absolute Gasteiger partial charge is 0.393 e. The van der Waals surface area contributed by atoms with Gasteiger partial charge in [-0.3, -0.25) is 0 Å². The van der Waals surface area contributed by atoms with Gasteiger partial charge in [-0.15, -0.1) is 0 Å². The molecule has 0 heterocycles. The highest BCUT2D eigenvalue weighted by molar-refractivity contribution is 5.20. The molecule has 0 spiro atoms. The van der Waals surface area contributed by atoms with Crippen LogP contribution in [0.15, 0.2) is 30.3 Å². The third kappa shape index (κ3) is 2.40. The van der Waals surface area contributed by atoms with Gasteiger partial charge < -0.3 is 5.11 Å². The summed E-state index contributed by atoms with van der Waals surface area (Å²) < 4.78 is 0. The zero-order valence-electron chi connectivity index (χ0n) is 10.4. The lowest BCUT2D eigenvalue weighted by Gasteiger charge is -2.41. The molecular weight excluding hydrogens is 208 g/mol. The molecule has 1 aromatic carbocycles. The van der Waals surface area contributed by atoms with Crippen LogP contribution in [-0.4, -0.2) is 11.2 Å². The van der Waals surface area contributed by atoms with Crippen molar-refractivity contribution in [3.63, 3.8) is 0 Å². The standard InChI is InChI=1S/C16H22O/c17-16-9-8-14-10-13(6-7-15(14)11-16)12-4-2-1-3-5-12/h1-5,13-17H,6-11H2/t13-,14-,15+,16+/m1/s1. The second-order valence-electron chi connectivity index (χ2n) is 5.91. The van der Waals surface area contributed by atoms with Crippen LogP contribution in [0.1, 0.15) is 50.0 Å². The quantitative estimate of drug-likeness (QED) is 0.779. The minimum Gasteiger partial charge on any atom is -0.393 e. The Kier molecular flexibility index (Phi) is 3.19. The predicted octanol–water partition coefficient (Wildman–Crippen LogP) is 3.73. The Bertz CT molecular complexity index is 359. The number of fused-ring (bicyclic) bond motifs is 1. The lowest BCUT2D eigenvalue weighted by atomic mass is 9.65. The van der Waals surface area contributed by atoms with E-state index in [0.717, 1.165) is 30.6 Å². The smallest absolute Gasteiger partial charge is 0.0543 e. The van der Waals surface area contributed by atoms with E-state index in [9.17, 15) is 5.11 Å². The molecule has 1 heteroatoms. The molecule has 0 amide bonds. The van der Waals surface area contributed by atoms with Gasteiger partial charge in [0.25, 0.3) is 0 Å². The third-order valence-corrected chi connectivity index (χ3v) is 4.86. The van der Waals surface area contributed by atoms with Crippen LogP contribution >= 0.6 is 0 Å². The van der Waals surface area contributed by atoms with Crippen LogP contribution in [0.5, 0.6) is 0 Å². The summed E-state index contributed by atoms with van der Waals surface area (Å²) in [6, 6.07) is 11.0. The molecule has 17 heavy (non-hydrogen) atoms. The second kappa shape index (κ2) is 4.81. The fourth-order valence-electron chi connectivity index (χ4n) is 3.89. The maximum atomic E-state index is 9.73. The van der Waals surface area contributed by atoms with Gasteiger partial charge in [0.1, 0.15) is 0 Å². The molecule has 0 bridgehead atoms. The fourth-order valence-corrected chi connectivity index (χ4v) is 3.89. The van der Waals surface area contributed by atoms with Crippen molar-refractivity contribution in [1.82, 2.24) is 0 Å². The van der Waals surface area contributed by atoms with Gasteiger partial charge in [0, 0.05) is 0 Å². The lowest BCUT2D eigenvalue weighted by molar-refractivity contribution is 0.0442. The zero-order chi connectivity index (χ0) is 11.7. The summed E-state index contributed by atoms with van der Waals surface area (Å²) in [7, 11) is 0. The lowest BCUT2D eigenvalue weighted by Crippen LogP contribution is -2.32. The number of aliphatic hydroxyl groups excluding tert-OH is 1. The topological polar surface area (TPSA) is 20.2 Å². The van der Waals surface area contributed by atoms with Crippen LogP contribution in [0.3, 0.4) is 0 Å². The Morgan fingerprint density at radius 2 is 1.53 bits per heavy atom. The first-order valence-corrected chi connectivity index (χ1v) is 7.06. The average molecular weight is 230 g/mol. The summed E-state index contributed by atoms with van der Waals surface area (Å²) in [6.07, 6.45) is 7.31. The number of hydrogen-bond acceptors (Lipinski definition) is 1. The average Bonchev–Trinajstić information content (AvgIpc) is 2.39. The van der Waals surface area contributed by atoms with E-state index in [2.05, 4.69) is 30.3 Å². The molecule has 0 saturated heterocycles. The van der Waals surface area contributed by atoms with E-state index in [4.69, 9.17) is 0 Å². The van der Waals surface area contributed by atoms with Crippen LogP contribution in [0.4, 0.5) is 0 Å². The molecule has 0 aliphatic heterocycles. The molecule has 2 saturated carbocycles. The first-order chi connectivity index (χ1) is 8.33. The van der Waals surface area contributed by atoms with Gasteiger partial charge in [-0.25, -0.2) is 0 Å². The SMILES string of the molecule is O[C@H]1CC[C@@H]2C[C@H](c3ccccc3)CC[C@H]2C1. The Morgan fingerprint density at radius 1 is 0.824 bits per heavy atom. The summed E-state index contributed by atoms with van der Waals surface area (Å²) in [4.78, 5) is 0. The van der Waals surface area contributed by atoms with Crippen molar-refractivity contribution >= 4 is 0 Å². The van der Waals surface area contributed by atoms with E-state index in [1.54, 1.807) is 0 Å². The molecule has 2 fully saturated rings. The van der Waals surface area contributed by atoms with Crippen LogP contribution < -0.4 is 0 Å². The van der Waals surface area contributed by atoms with E-state index in [0.29, 0.717) is 0 Å². The molecule has 1 aromatic rings. The Hall–Kier alpha value is -0.820. The highest BCUT2D eigenvalue weighted by Crippen LogP contribution is 2.45. The van der Waals surface area contributed by atoms with Gasteiger partial charge in [-0.05, 0) is 61.8 Å². The van der Waals surface area contributed by atoms with Crippen molar-refractivity contribution in [1.29, 1.82) is 0 Å². The van der Waals surface area contributed by atoms with Crippen LogP contribution in [0.25, 0.3) is 0 Å². The number of benzene rings is 1. The number of hydrogen-bond donors (Lipinski definition) is 1. The Morgan fingerprint density at radius 3 is 2.35 bits per heavy atom. The van der Waals surface area contributed by atoms with Crippen molar-refractivity contribution < 1.29 is 5.11 Å². The van der Waals surface area contributed by atoms with Crippen molar-refractivity contribution in [2.24, 2.45) is 11.8 Å². The van der Waals surface area contributed by atoms with Crippen molar-refractivity contribution in [3.8, 4) is 0 Å². The summed E-state index contributed by atoms with van der Waals surface area (Å²) in [6.45, 7) is 0. The maximum Gasteiger partial charge on any atom is 0.0543 e. The van der Waals surface area contributed by atoms with Crippen molar-refractivity contribution in [2.45, 2.75) is 50.5 Å². The van der Waals surface area contributed by atoms with Gasteiger partial charge >= 0.3 is 0 Å². The zero-order valence-corrected chi connectivity index (χ0v) is 10.4. The van der Waals surface area contributed by atoms with Gasteiger partial charge in [0.15, 0.2) is 0 Å². The second-order valence-corrected chi connectivity index (χ2v) is 5.91. The maximum absolute atomic E-state index is 9.73. The summed E-state index contributed by atoms with van der Waals surface area (Å²) in [5.41, 5.74) is 1.53. The van der Waals surface area contributed by atoms with Crippen molar-refractivity contribution in [2.75, 3.05) is 0 Å². The molecule has 0 aromatic heterocycles. The first-order valence-electron chi connectivity index (χ1n) is 7.06. The normalized spacial score (nSPS) is 37.5. The summed E-state index contributed by atoms with van der Waals surface area (Å²) >= 11 is 0. The predicted molar refractivity (Wildman–Crippen MR) is 69.9 cm³/mol. The first kappa shape index (κ1) is 11.3. The minimum atomic E-state index is -0.00970. The molecule has 3 rings (SSSR count). The van der Waals surface area contributed by atoms with Gasteiger partial charge in [0.05, 0.1) is 6.10 Å². The van der Waals surface area contributed by atoms with E-state index in [1.807, 2.05) is 0 Å². The van der Waals surface area contributed by atoms with Crippen LogP contribution in [0.2, 0.25) is 0 Å². The number of rotatable bonds is 1. The van der Waals surface area contributed by atoms with Crippen LogP contribution in [0, 0.1) is 11.8 Å². The number of aliphatic hydroxyl groups is 1. The molecule has 1 nitrogen and oxygen atoms in total. The molecule has 2 aliphatic rings.